The van der Waals surface area contributed by atoms with Gasteiger partial charge in [0.25, 0.3) is 0 Å². The number of nitrogens with one attached hydrogen (secondary N) is 2. The van der Waals surface area contributed by atoms with Gasteiger partial charge in [-0.05, 0) is 12.6 Å². The van der Waals surface area contributed by atoms with Crippen molar-refractivity contribution < 1.29 is 9.90 Å². The molecule has 0 aromatic rings. The largest absolute Gasteiger partial charge is 0.390 e. The molecule has 12 heavy (non-hydrogen) atoms. The summed E-state index contributed by atoms with van der Waals surface area (Å²) in [5, 5.41) is 18.1. The van der Waals surface area contributed by atoms with E-state index in [1.165, 1.54) is 6.21 Å². The number of carbonyl (C=O) groups is 1. The Labute approximate surface area is 71.5 Å². The number of hydrogen-bond acceptors (Lipinski definition) is 4. The Bertz CT molecular complexity index is 150. The van der Waals surface area contributed by atoms with Crippen molar-refractivity contribution in [2.24, 2.45) is 5.73 Å². The van der Waals surface area contributed by atoms with Gasteiger partial charge in [-0.3, -0.25) is 4.79 Å². The average Bonchev–Trinajstić information content (AvgIpc) is 2.10. The van der Waals surface area contributed by atoms with Crippen molar-refractivity contribution in [1.82, 2.24) is 5.32 Å². The molecule has 70 valence electrons. The van der Waals surface area contributed by atoms with Crippen LogP contribution < -0.4 is 11.1 Å². The number of hydrogen-bond donors (Lipinski definition) is 4. The van der Waals surface area contributed by atoms with E-state index in [9.17, 15) is 4.79 Å². The number of carbonyl (C=O) groups excluding carboxylic acids is 1. The van der Waals surface area contributed by atoms with E-state index in [1.54, 1.807) is 0 Å². The first-order valence-electron chi connectivity index (χ1n) is 3.84. The average molecular weight is 173 g/mol. The van der Waals surface area contributed by atoms with Crippen molar-refractivity contribution in [3.05, 3.63) is 0 Å². The lowest BCUT2D eigenvalue weighted by molar-refractivity contribution is -0.121. The van der Waals surface area contributed by atoms with Gasteiger partial charge >= 0.3 is 0 Å². The molecule has 0 fully saturated rings. The molecule has 0 spiro atoms. The Morgan fingerprint density at radius 2 is 2.42 bits per heavy atom. The Balaban J connectivity index is 3.36. The summed E-state index contributed by atoms with van der Waals surface area (Å²) >= 11 is 0. The van der Waals surface area contributed by atoms with Gasteiger partial charge in [0.15, 0.2) is 0 Å². The van der Waals surface area contributed by atoms with Crippen molar-refractivity contribution in [2.45, 2.75) is 18.9 Å². The molecule has 0 aliphatic carbocycles. The van der Waals surface area contributed by atoms with Crippen LogP contribution in [0.2, 0.25) is 0 Å². The first kappa shape index (κ1) is 11.1. The summed E-state index contributed by atoms with van der Waals surface area (Å²) in [6.07, 6.45) is 1.23. The van der Waals surface area contributed by atoms with E-state index in [0.29, 0.717) is 12.8 Å². The standard InChI is InChI=1S/C7H15N3O2/c8-3-1-2-7(12)10-5-6(11)4-9/h3,6,8,11H,1-2,4-5,9H2,(H,10,12)/t6-/m0/s1. The zero-order valence-electron chi connectivity index (χ0n) is 6.92. The summed E-state index contributed by atoms with van der Waals surface area (Å²) in [6.45, 7) is 0.332. The Kier molecular flexibility index (Phi) is 6.22. The Morgan fingerprint density at radius 1 is 1.75 bits per heavy atom. The number of amides is 1. The predicted octanol–water partition coefficient (Wildman–Crippen LogP) is -1.15. The molecule has 0 heterocycles. The predicted molar refractivity (Wildman–Crippen MR) is 46.1 cm³/mol. The maximum atomic E-state index is 10.9. The van der Waals surface area contributed by atoms with Crippen molar-refractivity contribution in [2.75, 3.05) is 13.1 Å². The maximum absolute atomic E-state index is 10.9. The van der Waals surface area contributed by atoms with Crippen LogP contribution in [0.4, 0.5) is 0 Å². The second-order valence-electron chi connectivity index (χ2n) is 2.44. The number of rotatable bonds is 6. The van der Waals surface area contributed by atoms with Gasteiger partial charge in [-0.2, -0.15) is 0 Å². The minimum atomic E-state index is -0.672. The van der Waals surface area contributed by atoms with Gasteiger partial charge in [-0.1, -0.05) is 0 Å². The summed E-state index contributed by atoms with van der Waals surface area (Å²) in [6, 6.07) is 0. The molecule has 0 radical (unpaired) electrons. The van der Waals surface area contributed by atoms with Gasteiger partial charge in [0.05, 0.1) is 6.10 Å². The van der Waals surface area contributed by atoms with Crippen LogP contribution in [0.15, 0.2) is 0 Å². The highest BCUT2D eigenvalue weighted by Crippen LogP contribution is 1.84. The van der Waals surface area contributed by atoms with Gasteiger partial charge in [0.2, 0.25) is 5.91 Å². The number of aliphatic hydroxyl groups is 1. The summed E-state index contributed by atoms with van der Waals surface area (Å²) < 4.78 is 0. The van der Waals surface area contributed by atoms with Gasteiger partial charge in [0.1, 0.15) is 0 Å². The van der Waals surface area contributed by atoms with E-state index in [4.69, 9.17) is 16.2 Å². The minimum Gasteiger partial charge on any atom is -0.390 e. The minimum absolute atomic E-state index is 0.144. The molecule has 0 aliphatic heterocycles. The van der Waals surface area contributed by atoms with Crippen LogP contribution in [0.3, 0.4) is 0 Å². The highest BCUT2D eigenvalue weighted by Gasteiger charge is 2.03. The first-order valence-corrected chi connectivity index (χ1v) is 3.84. The van der Waals surface area contributed by atoms with E-state index in [1.807, 2.05) is 0 Å². The van der Waals surface area contributed by atoms with Crippen LogP contribution in [0.1, 0.15) is 12.8 Å². The third-order valence-corrected chi connectivity index (χ3v) is 1.32. The van der Waals surface area contributed by atoms with Gasteiger partial charge in [-0.15, -0.1) is 0 Å². The molecule has 0 unspecified atom stereocenters. The summed E-state index contributed by atoms with van der Waals surface area (Å²) in [5.74, 6) is -0.161. The number of nitrogens with two attached hydrogens (primary N) is 1. The first-order chi connectivity index (χ1) is 5.70. The fourth-order valence-electron chi connectivity index (χ4n) is 0.607. The van der Waals surface area contributed by atoms with Crippen molar-refractivity contribution in [3.8, 4) is 0 Å². The third-order valence-electron chi connectivity index (χ3n) is 1.32. The molecule has 0 saturated heterocycles. The van der Waals surface area contributed by atoms with Crippen molar-refractivity contribution >= 4 is 12.1 Å². The SMILES string of the molecule is N=CCCC(=O)NC[C@@H](O)CN. The lowest BCUT2D eigenvalue weighted by Gasteiger charge is -2.08. The highest BCUT2D eigenvalue weighted by molar-refractivity contribution is 5.78. The molecule has 1 amide bonds. The monoisotopic (exact) mass is 173 g/mol. The highest BCUT2D eigenvalue weighted by atomic mass is 16.3. The van der Waals surface area contributed by atoms with E-state index in [-0.39, 0.29) is 19.0 Å². The summed E-state index contributed by atoms with van der Waals surface area (Å²) in [4.78, 5) is 10.9. The van der Waals surface area contributed by atoms with Crippen molar-refractivity contribution in [1.29, 1.82) is 5.41 Å². The molecule has 5 heteroatoms. The second kappa shape index (κ2) is 6.75. The van der Waals surface area contributed by atoms with Gasteiger partial charge in [0, 0.05) is 19.5 Å². The second-order valence-corrected chi connectivity index (χ2v) is 2.44. The quantitative estimate of drug-likeness (QED) is 0.382. The van der Waals surface area contributed by atoms with Crippen LogP contribution in [0.5, 0.6) is 0 Å². The zero-order valence-corrected chi connectivity index (χ0v) is 6.92. The molecule has 0 bridgehead atoms. The van der Waals surface area contributed by atoms with Gasteiger partial charge in [-0.25, -0.2) is 0 Å². The lowest BCUT2D eigenvalue weighted by Crippen LogP contribution is -2.35. The molecule has 0 saturated carbocycles. The lowest BCUT2D eigenvalue weighted by atomic mass is 10.3. The fourth-order valence-corrected chi connectivity index (χ4v) is 0.607. The van der Waals surface area contributed by atoms with Crippen LogP contribution in [-0.2, 0) is 4.79 Å². The molecule has 0 aromatic carbocycles. The Morgan fingerprint density at radius 3 is 2.92 bits per heavy atom. The van der Waals surface area contributed by atoms with Crippen LogP contribution >= 0.6 is 0 Å². The van der Waals surface area contributed by atoms with Crippen LogP contribution in [0.25, 0.3) is 0 Å². The van der Waals surface area contributed by atoms with E-state index < -0.39 is 6.10 Å². The zero-order chi connectivity index (χ0) is 9.40. The van der Waals surface area contributed by atoms with Crippen molar-refractivity contribution in [3.63, 3.8) is 0 Å². The fraction of sp³-hybridized carbons (Fsp3) is 0.714. The molecular formula is C7H15N3O2. The van der Waals surface area contributed by atoms with E-state index >= 15 is 0 Å². The number of aliphatic hydroxyl groups excluding tert-OH is 1. The molecule has 1 atom stereocenters. The smallest absolute Gasteiger partial charge is 0.220 e. The van der Waals surface area contributed by atoms with E-state index in [2.05, 4.69) is 5.32 Å². The van der Waals surface area contributed by atoms with Gasteiger partial charge < -0.3 is 21.6 Å². The topological polar surface area (TPSA) is 99.2 Å². The maximum Gasteiger partial charge on any atom is 0.220 e. The molecule has 0 aliphatic rings. The Hall–Kier alpha value is -0.940. The molecule has 5 N–H and O–H groups in total. The normalized spacial score (nSPS) is 12.2. The summed E-state index contributed by atoms with van der Waals surface area (Å²) in [5.41, 5.74) is 5.12. The third kappa shape index (κ3) is 5.82. The molecular weight excluding hydrogens is 158 g/mol. The molecule has 0 rings (SSSR count). The molecule has 5 nitrogen and oxygen atoms in total. The van der Waals surface area contributed by atoms with Crippen LogP contribution in [-0.4, -0.2) is 36.4 Å². The summed E-state index contributed by atoms with van der Waals surface area (Å²) in [7, 11) is 0. The van der Waals surface area contributed by atoms with Crippen LogP contribution in [0, 0.1) is 5.41 Å². The molecule has 0 aromatic heterocycles. The van der Waals surface area contributed by atoms with E-state index in [0.717, 1.165) is 0 Å².